The molecule has 0 unspecified atom stereocenters. The first-order chi connectivity index (χ1) is 15.7. The van der Waals surface area contributed by atoms with E-state index in [9.17, 15) is 4.79 Å². The van der Waals surface area contributed by atoms with Crippen LogP contribution in [-0.4, -0.2) is 43.7 Å². The highest BCUT2D eigenvalue weighted by atomic mass is 16.7. The molecular weight excluding hydrogens is 402 g/mol. The summed E-state index contributed by atoms with van der Waals surface area (Å²) in [5.41, 5.74) is 0. The van der Waals surface area contributed by atoms with Crippen molar-refractivity contribution >= 4 is 6.16 Å². The molecular formula is C27H55NO4. The van der Waals surface area contributed by atoms with E-state index in [0.717, 1.165) is 57.9 Å². The van der Waals surface area contributed by atoms with Crippen LogP contribution in [0.4, 0.5) is 4.79 Å². The van der Waals surface area contributed by atoms with Crippen molar-refractivity contribution in [3.05, 3.63) is 0 Å². The third-order valence-electron chi connectivity index (χ3n) is 6.03. The van der Waals surface area contributed by atoms with Gasteiger partial charge in [0.15, 0.2) is 0 Å². The number of aliphatic hydroxyl groups excluding tert-OH is 1. The lowest BCUT2D eigenvalue weighted by atomic mass is 10.0. The summed E-state index contributed by atoms with van der Waals surface area (Å²) in [7, 11) is 0. The van der Waals surface area contributed by atoms with Gasteiger partial charge in [-0.25, -0.2) is 4.79 Å². The summed E-state index contributed by atoms with van der Waals surface area (Å²) in [5, 5.41) is 11.9. The highest BCUT2D eigenvalue weighted by molar-refractivity contribution is 5.60. The predicted molar refractivity (Wildman–Crippen MR) is 135 cm³/mol. The van der Waals surface area contributed by atoms with Crippen LogP contribution in [0.2, 0.25) is 0 Å². The minimum Gasteiger partial charge on any atom is -0.434 e. The molecule has 0 aromatic rings. The molecule has 0 bridgehead atoms. The molecule has 0 spiro atoms. The van der Waals surface area contributed by atoms with Crippen molar-refractivity contribution in [2.24, 2.45) is 0 Å². The van der Waals surface area contributed by atoms with Crippen molar-refractivity contribution < 1.29 is 19.4 Å². The van der Waals surface area contributed by atoms with E-state index in [1.165, 1.54) is 70.6 Å². The maximum absolute atomic E-state index is 12.2. The number of rotatable bonds is 25. The minimum absolute atomic E-state index is 0.0197. The van der Waals surface area contributed by atoms with Crippen molar-refractivity contribution in [1.29, 1.82) is 0 Å². The fraction of sp³-hybridized carbons (Fsp3) is 0.963. The standard InChI is InChI=1S/C27H55NO4/c1-3-5-7-9-12-16-20-26(21-17-13-10-8-6-4-2)32-27(30)31-25-19-15-11-14-18-22-28-23-24-29/h26,28-29H,3-25H2,1-2H3. The second-order valence-electron chi connectivity index (χ2n) is 9.19. The second kappa shape index (κ2) is 26.4. The summed E-state index contributed by atoms with van der Waals surface area (Å²) in [6.07, 6.45) is 22.1. The molecule has 192 valence electrons. The first kappa shape index (κ1) is 31.2. The Morgan fingerprint density at radius 3 is 1.75 bits per heavy atom. The zero-order chi connectivity index (χ0) is 23.5. The summed E-state index contributed by atoms with van der Waals surface area (Å²) in [4.78, 5) is 12.2. The molecule has 0 fully saturated rings. The monoisotopic (exact) mass is 457 g/mol. The van der Waals surface area contributed by atoms with Gasteiger partial charge in [0.25, 0.3) is 0 Å². The molecule has 0 saturated heterocycles. The van der Waals surface area contributed by atoms with Crippen molar-refractivity contribution in [2.75, 3.05) is 26.3 Å². The van der Waals surface area contributed by atoms with Crippen LogP contribution in [-0.2, 0) is 9.47 Å². The van der Waals surface area contributed by atoms with E-state index in [1.807, 2.05) is 0 Å². The van der Waals surface area contributed by atoms with Gasteiger partial charge in [-0.05, 0) is 45.1 Å². The van der Waals surface area contributed by atoms with Gasteiger partial charge in [0.1, 0.15) is 6.10 Å². The van der Waals surface area contributed by atoms with Gasteiger partial charge in [-0.3, -0.25) is 0 Å². The molecule has 0 atom stereocenters. The molecule has 0 aromatic carbocycles. The van der Waals surface area contributed by atoms with Crippen LogP contribution in [0.25, 0.3) is 0 Å². The molecule has 0 aliphatic heterocycles. The molecule has 0 aliphatic carbocycles. The van der Waals surface area contributed by atoms with Crippen molar-refractivity contribution in [3.63, 3.8) is 0 Å². The zero-order valence-corrected chi connectivity index (χ0v) is 21.5. The normalized spacial score (nSPS) is 11.2. The molecule has 0 aliphatic rings. The van der Waals surface area contributed by atoms with Gasteiger partial charge in [0.2, 0.25) is 0 Å². The van der Waals surface area contributed by atoms with E-state index in [2.05, 4.69) is 19.2 Å². The molecule has 5 nitrogen and oxygen atoms in total. The van der Waals surface area contributed by atoms with E-state index in [0.29, 0.717) is 13.2 Å². The van der Waals surface area contributed by atoms with Crippen LogP contribution in [0, 0.1) is 0 Å². The average Bonchev–Trinajstić information content (AvgIpc) is 2.79. The van der Waals surface area contributed by atoms with E-state index in [-0.39, 0.29) is 12.7 Å². The number of hydrogen-bond acceptors (Lipinski definition) is 5. The Kier molecular flexibility index (Phi) is 25.8. The Labute approximate surface area is 199 Å². The Morgan fingerprint density at radius 1 is 0.688 bits per heavy atom. The number of unbranched alkanes of at least 4 members (excludes halogenated alkanes) is 14. The lowest BCUT2D eigenvalue weighted by Gasteiger charge is -2.18. The molecule has 32 heavy (non-hydrogen) atoms. The van der Waals surface area contributed by atoms with E-state index >= 15 is 0 Å². The van der Waals surface area contributed by atoms with Crippen molar-refractivity contribution in [1.82, 2.24) is 5.32 Å². The molecule has 5 heteroatoms. The van der Waals surface area contributed by atoms with Gasteiger partial charge in [-0.2, -0.15) is 0 Å². The number of hydrogen-bond donors (Lipinski definition) is 2. The highest BCUT2D eigenvalue weighted by Crippen LogP contribution is 2.17. The zero-order valence-electron chi connectivity index (χ0n) is 21.5. The maximum atomic E-state index is 12.2. The third-order valence-corrected chi connectivity index (χ3v) is 6.03. The third kappa shape index (κ3) is 23.8. The number of carbonyl (C=O) groups is 1. The summed E-state index contributed by atoms with van der Waals surface area (Å²) >= 11 is 0. The Hall–Kier alpha value is -0.810. The Morgan fingerprint density at radius 2 is 1.19 bits per heavy atom. The van der Waals surface area contributed by atoms with Gasteiger partial charge in [0.05, 0.1) is 13.2 Å². The molecule has 0 rings (SSSR count). The molecule has 0 heterocycles. The molecule has 0 aromatic heterocycles. The van der Waals surface area contributed by atoms with Gasteiger partial charge in [-0.1, -0.05) is 97.3 Å². The van der Waals surface area contributed by atoms with Gasteiger partial charge in [0, 0.05) is 6.54 Å². The summed E-state index contributed by atoms with van der Waals surface area (Å²) in [6, 6.07) is 0. The van der Waals surface area contributed by atoms with Crippen LogP contribution in [0.15, 0.2) is 0 Å². The first-order valence-electron chi connectivity index (χ1n) is 13.9. The van der Waals surface area contributed by atoms with Crippen molar-refractivity contribution in [2.45, 2.75) is 142 Å². The van der Waals surface area contributed by atoms with Crippen LogP contribution in [0.1, 0.15) is 136 Å². The van der Waals surface area contributed by atoms with E-state index in [1.54, 1.807) is 0 Å². The number of carbonyl (C=O) groups excluding carboxylic acids is 1. The SMILES string of the molecule is CCCCCCCCC(CCCCCCCC)OC(=O)OCCCCCCCNCCO. The number of ether oxygens (including phenoxy) is 2. The fourth-order valence-electron chi connectivity index (χ4n) is 3.98. The molecule has 0 radical (unpaired) electrons. The lowest BCUT2D eigenvalue weighted by molar-refractivity contribution is 0.0154. The molecule has 2 N–H and O–H groups in total. The van der Waals surface area contributed by atoms with Crippen LogP contribution in [0.3, 0.4) is 0 Å². The quantitative estimate of drug-likeness (QED) is 0.109. The Balaban J connectivity index is 3.91. The number of nitrogens with one attached hydrogen (secondary N) is 1. The van der Waals surface area contributed by atoms with Crippen molar-refractivity contribution in [3.8, 4) is 0 Å². The minimum atomic E-state index is -0.472. The van der Waals surface area contributed by atoms with Crippen LogP contribution in [0.5, 0.6) is 0 Å². The summed E-state index contributed by atoms with van der Waals surface area (Å²) < 4.78 is 11.0. The maximum Gasteiger partial charge on any atom is 0.508 e. The van der Waals surface area contributed by atoms with Gasteiger partial charge in [-0.15, -0.1) is 0 Å². The van der Waals surface area contributed by atoms with Gasteiger partial charge >= 0.3 is 6.16 Å². The fourth-order valence-corrected chi connectivity index (χ4v) is 3.98. The lowest BCUT2D eigenvalue weighted by Crippen LogP contribution is -2.20. The van der Waals surface area contributed by atoms with Gasteiger partial charge < -0.3 is 19.9 Å². The largest absolute Gasteiger partial charge is 0.508 e. The smallest absolute Gasteiger partial charge is 0.434 e. The summed E-state index contributed by atoms with van der Waals surface area (Å²) in [6.45, 7) is 6.79. The first-order valence-corrected chi connectivity index (χ1v) is 13.9. The number of aliphatic hydroxyl groups is 1. The molecule has 0 amide bonds. The average molecular weight is 458 g/mol. The van der Waals surface area contributed by atoms with Crippen LogP contribution >= 0.6 is 0 Å². The summed E-state index contributed by atoms with van der Waals surface area (Å²) in [5.74, 6) is 0. The topological polar surface area (TPSA) is 67.8 Å². The van der Waals surface area contributed by atoms with E-state index in [4.69, 9.17) is 14.6 Å². The Bertz CT molecular complexity index is 363. The second-order valence-corrected chi connectivity index (χ2v) is 9.19. The van der Waals surface area contributed by atoms with E-state index < -0.39 is 6.16 Å². The predicted octanol–water partition coefficient (Wildman–Crippen LogP) is 7.54. The highest BCUT2D eigenvalue weighted by Gasteiger charge is 2.15. The van der Waals surface area contributed by atoms with Crippen LogP contribution < -0.4 is 5.32 Å². The molecule has 0 saturated carbocycles.